The molecule has 29 heavy (non-hydrogen) atoms. The summed E-state index contributed by atoms with van der Waals surface area (Å²) in [5, 5.41) is 9.32. The first-order valence-electron chi connectivity index (χ1n) is 9.43. The van der Waals surface area contributed by atoms with E-state index in [1.165, 1.54) is 0 Å². The Labute approximate surface area is 174 Å². The highest BCUT2D eigenvalue weighted by Gasteiger charge is 2.24. The number of amides is 2. The zero-order valence-electron chi connectivity index (χ0n) is 15.6. The number of hydrogen-bond acceptors (Lipinski definition) is 3. The number of carbonyl (C=O) groups is 2. The lowest BCUT2D eigenvalue weighted by Gasteiger charge is -2.13. The van der Waals surface area contributed by atoms with E-state index in [1.807, 2.05) is 48.5 Å². The van der Waals surface area contributed by atoms with Crippen molar-refractivity contribution in [3.63, 3.8) is 0 Å². The number of rotatable bonds is 6. The minimum Gasteiger partial charge on any atom is -0.355 e. The minimum absolute atomic E-state index is 0.187. The van der Waals surface area contributed by atoms with E-state index in [1.54, 1.807) is 24.3 Å². The van der Waals surface area contributed by atoms with Gasteiger partial charge >= 0.3 is 0 Å². The maximum absolute atomic E-state index is 12.8. The van der Waals surface area contributed by atoms with Crippen molar-refractivity contribution in [1.29, 1.82) is 0 Å². The number of benzene rings is 3. The molecule has 6 heteroatoms. The zero-order chi connectivity index (χ0) is 20.2. The number of halogens is 1. The van der Waals surface area contributed by atoms with E-state index < -0.39 is 0 Å². The third kappa shape index (κ3) is 4.76. The molecule has 1 saturated carbocycles. The smallest absolute Gasteiger partial charge is 0.257 e. The molecule has 3 aromatic rings. The molecule has 0 aromatic heterocycles. The molecule has 0 radical (unpaired) electrons. The van der Waals surface area contributed by atoms with E-state index in [4.69, 9.17) is 11.6 Å². The van der Waals surface area contributed by atoms with Crippen LogP contribution in [0, 0.1) is 0 Å². The Morgan fingerprint density at radius 2 is 1.52 bits per heavy atom. The molecule has 3 N–H and O–H groups in total. The fourth-order valence-corrected chi connectivity index (χ4v) is 3.20. The molecule has 5 nitrogen and oxygen atoms in total. The number of nitrogens with one attached hydrogen (secondary N) is 3. The lowest BCUT2D eigenvalue weighted by molar-refractivity contribution is 0.0950. The van der Waals surface area contributed by atoms with Gasteiger partial charge in [0.2, 0.25) is 0 Å². The van der Waals surface area contributed by atoms with Gasteiger partial charge in [-0.05, 0) is 55.3 Å². The maximum Gasteiger partial charge on any atom is 0.257 e. The average molecular weight is 406 g/mol. The Bertz CT molecular complexity index is 1050. The van der Waals surface area contributed by atoms with Gasteiger partial charge < -0.3 is 16.0 Å². The summed E-state index contributed by atoms with van der Waals surface area (Å²) in [6, 6.07) is 22.1. The number of para-hydroxylation sites is 2. The second-order valence-corrected chi connectivity index (χ2v) is 7.34. The van der Waals surface area contributed by atoms with Crippen molar-refractivity contribution in [2.45, 2.75) is 18.9 Å². The zero-order valence-corrected chi connectivity index (χ0v) is 16.4. The monoisotopic (exact) mass is 405 g/mol. The minimum atomic E-state index is -0.268. The third-order valence-corrected chi connectivity index (χ3v) is 4.92. The molecule has 1 aliphatic carbocycles. The van der Waals surface area contributed by atoms with E-state index >= 15 is 0 Å². The van der Waals surface area contributed by atoms with Crippen LogP contribution in [0.1, 0.15) is 33.6 Å². The molecule has 1 aliphatic rings. The fourth-order valence-electron chi connectivity index (χ4n) is 2.93. The van der Waals surface area contributed by atoms with Gasteiger partial charge in [-0.15, -0.1) is 0 Å². The molecule has 1 fully saturated rings. The molecule has 0 unspecified atom stereocenters. The van der Waals surface area contributed by atoms with Crippen LogP contribution in [0.25, 0.3) is 0 Å². The first-order chi connectivity index (χ1) is 14.1. The van der Waals surface area contributed by atoms with Crippen LogP contribution in [-0.4, -0.2) is 17.9 Å². The SMILES string of the molecule is O=C(NC1CC1)c1ccc(NC(=O)c2ccccc2Nc2ccccc2)cc1Cl. The Kier molecular flexibility index (Phi) is 5.49. The van der Waals surface area contributed by atoms with Crippen molar-refractivity contribution in [2.24, 2.45) is 0 Å². The van der Waals surface area contributed by atoms with Gasteiger partial charge in [0.1, 0.15) is 0 Å². The predicted octanol–water partition coefficient (Wildman–Crippen LogP) is 5.23. The van der Waals surface area contributed by atoms with Gasteiger partial charge in [-0.2, -0.15) is 0 Å². The summed E-state index contributed by atoms with van der Waals surface area (Å²) in [7, 11) is 0. The summed E-state index contributed by atoms with van der Waals surface area (Å²) in [5.41, 5.74) is 3.02. The predicted molar refractivity (Wildman–Crippen MR) is 116 cm³/mol. The average Bonchev–Trinajstić information content (AvgIpc) is 3.53. The molecule has 0 bridgehead atoms. The standard InChI is InChI=1S/C23H20ClN3O2/c24-20-14-17(12-13-18(20)22(28)26-16-10-11-16)27-23(29)19-8-4-5-9-21(19)25-15-6-2-1-3-7-15/h1-9,12-14,16,25H,10-11H2,(H,26,28)(H,27,29). The van der Waals surface area contributed by atoms with Gasteiger partial charge in [0.25, 0.3) is 11.8 Å². The second kappa shape index (κ2) is 8.37. The van der Waals surface area contributed by atoms with Gasteiger partial charge in [-0.3, -0.25) is 9.59 Å². The number of carbonyl (C=O) groups excluding carboxylic acids is 2. The van der Waals surface area contributed by atoms with Gasteiger partial charge in [0, 0.05) is 17.4 Å². The molecule has 146 valence electrons. The summed E-state index contributed by atoms with van der Waals surface area (Å²) in [4.78, 5) is 25.0. The van der Waals surface area contributed by atoms with E-state index in [9.17, 15) is 9.59 Å². The first-order valence-corrected chi connectivity index (χ1v) is 9.81. The van der Waals surface area contributed by atoms with Gasteiger partial charge in [-0.1, -0.05) is 41.9 Å². The normalized spacial score (nSPS) is 12.9. The Balaban J connectivity index is 1.49. The van der Waals surface area contributed by atoms with Crippen LogP contribution < -0.4 is 16.0 Å². The quantitative estimate of drug-likeness (QED) is 0.526. The number of anilines is 3. The van der Waals surface area contributed by atoms with Crippen LogP contribution in [0.15, 0.2) is 72.8 Å². The summed E-state index contributed by atoms with van der Waals surface area (Å²) in [5.74, 6) is -0.455. The van der Waals surface area contributed by atoms with Crippen LogP contribution >= 0.6 is 11.6 Å². The van der Waals surface area contributed by atoms with Crippen molar-refractivity contribution >= 4 is 40.5 Å². The summed E-state index contributed by atoms with van der Waals surface area (Å²) >= 11 is 6.27. The molecular formula is C23H20ClN3O2. The van der Waals surface area contributed by atoms with Crippen LogP contribution in [-0.2, 0) is 0 Å². The Morgan fingerprint density at radius 3 is 2.24 bits per heavy atom. The number of hydrogen-bond donors (Lipinski definition) is 3. The molecule has 3 aromatic carbocycles. The highest BCUT2D eigenvalue weighted by molar-refractivity contribution is 6.34. The summed E-state index contributed by atoms with van der Waals surface area (Å²) in [6.45, 7) is 0. The van der Waals surface area contributed by atoms with Crippen LogP contribution in [0.3, 0.4) is 0 Å². The molecule has 0 saturated heterocycles. The van der Waals surface area contributed by atoms with E-state index in [0.29, 0.717) is 27.5 Å². The van der Waals surface area contributed by atoms with Crippen LogP contribution in [0.2, 0.25) is 5.02 Å². The summed E-state index contributed by atoms with van der Waals surface area (Å²) in [6.07, 6.45) is 2.02. The second-order valence-electron chi connectivity index (χ2n) is 6.93. The summed E-state index contributed by atoms with van der Waals surface area (Å²) < 4.78 is 0. The molecule has 0 aliphatic heterocycles. The maximum atomic E-state index is 12.8. The van der Waals surface area contributed by atoms with Gasteiger partial charge in [0.15, 0.2) is 0 Å². The Morgan fingerprint density at radius 1 is 0.793 bits per heavy atom. The van der Waals surface area contributed by atoms with Crippen molar-refractivity contribution in [1.82, 2.24) is 5.32 Å². The molecule has 0 atom stereocenters. The van der Waals surface area contributed by atoms with Crippen molar-refractivity contribution in [3.8, 4) is 0 Å². The van der Waals surface area contributed by atoms with Gasteiger partial charge in [0.05, 0.1) is 21.8 Å². The molecule has 0 spiro atoms. The largest absolute Gasteiger partial charge is 0.355 e. The lowest BCUT2D eigenvalue weighted by atomic mass is 10.1. The highest BCUT2D eigenvalue weighted by atomic mass is 35.5. The van der Waals surface area contributed by atoms with Gasteiger partial charge in [-0.25, -0.2) is 0 Å². The van der Waals surface area contributed by atoms with E-state index in [-0.39, 0.29) is 17.9 Å². The van der Waals surface area contributed by atoms with Crippen LogP contribution in [0.5, 0.6) is 0 Å². The molecular weight excluding hydrogens is 386 g/mol. The van der Waals surface area contributed by atoms with E-state index in [2.05, 4.69) is 16.0 Å². The fraction of sp³-hybridized carbons (Fsp3) is 0.130. The van der Waals surface area contributed by atoms with Crippen molar-refractivity contribution < 1.29 is 9.59 Å². The van der Waals surface area contributed by atoms with Crippen molar-refractivity contribution in [2.75, 3.05) is 10.6 Å². The Hall–Kier alpha value is -3.31. The first kappa shape index (κ1) is 19.0. The molecule has 0 heterocycles. The van der Waals surface area contributed by atoms with E-state index in [0.717, 1.165) is 18.5 Å². The molecule has 4 rings (SSSR count). The molecule has 2 amide bonds. The topological polar surface area (TPSA) is 70.2 Å². The lowest BCUT2D eigenvalue weighted by Crippen LogP contribution is -2.25. The third-order valence-electron chi connectivity index (χ3n) is 4.61. The van der Waals surface area contributed by atoms with Crippen LogP contribution in [0.4, 0.5) is 17.1 Å². The van der Waals surface area contributed by atoms with Crippen molar-refractivity contribution in [3.05, 3.63) is 88.9 Å². The highest BCUT2D eigenvalue weighted by Crippen LogP contribution is 2.26.